The number of unbranched alkanes of at least 4 members (excludes halogenated alkanes) is 5. The van der Waals surface area contributed by atoms with Crippen LogP contribution < -0.4 is 0 Å². The second-order valence-electron chi connectivity index (χ2n) is 6.70. The molecule has 0 amide bonds. The third-order valence-electron chi connectivity index (χ3n) is 4.14. The van der Waals surface area contributed by atoms with Gasteiger partial charge < -0.3 is 24.4 Å². The number of hydrogen-bond acceptors (Lipinski definition) is 5. The molecule has 0 aliphatic carbocycles. The van der Waals surface area contributed by atoms with Crippen LogP contribution in [0, 0.1) is 5.92 Å². The van der Waals surface area contributed by atoms with Gasteiger partial charge in [0, 0.05) is 13.2 Å². The van der Waals surface area contributed by atoms with E-state index < -0.39 is 0 Å². The monoisotopic (exact) mass is 332 g/mol. The van der Waals surface area contributed by atoms with Gasteiger partial charge in [-0.2, -0.15) is 0 Å². The summed E-state index contributed by atoms with van der Waals surface area (Å²) in [5.41, 5.74) is 0. The largest absolute Gasteiger partial charge is 0.396 e. The Hall–Kier alpha value is -0.200. The van der Waals surface area contributed by atoms with E-state index in [1.165, 1.54) is 38.5 Å². The van der Waals surface area contributed by atoms with Gasteiger partial charge in [0.05, 0.1) is 26.4 Å². The summed E-state index contributed by atoms with van der Waals surface area (Å²) >= 11 is 0. The zero-order chi connectivity index (χ0) is 16.8. The first-order valence-electron chi connectivity index (χ1n) is 9.29. The van der Waals surface area contributed by atoms with Crippen LogP contribution >= 0.6 is 0 Å². The molecule has 2 fully saturated rings. The van der Waals surface area contributed by atoms with E-state index in [0.29, 0.717) is 31.3 Å². The zero-order valence-corrected chi connectivity index (χ0v) is 14.8. The maximum Gasteiger partial charge on any atom is 0.104 e. The van der Waals surface area contributed by atoms with E-state index in [1.807, 2.05) is 0 Å². The van der Waals surface area contributed by atoms with E-state index in [9.17, 15) is 0 Å². The summed E-state index contributed by atoms with van der Waals surface area (Å²) in [7, 11) is 0. The second kappa shape index (κ2) is 14.2. The number of rotatable bonds is 14. The first-order valence-corrected chi connectivity index (χ1v) is 9.29. The standard InChI is InChI=1S/C12H26O2.C6H10O3/c1-12(9-11-14)8-6-4-2-3-5-7-10-13;1(5-3-8-5)7-2-6-4-9-6/h12-14H,2-11H2,1H3;5-6H,1-4H2. The van der Waals surface area contributed by atoms with Crippen LogP contribution in [0.15, 0.2) is 0 Å². The summed E-state index contributed by atoms with van der Waals surface area (Å²) in [6.45, 7) is 6.14. The molecular formula is C18H36O5. The fraction of sp³-hybridized carbons (Fsp3) is 1.00. The lowest BCUT2D eigenvalue weighted by atomic mass is 9.99. The van der Waals surface area contributed by atoms with Crippen molar-refractivity contribution >= 4 is 0 Å². The van der Waals surface area contributed by atoms with E-state index in [0.717, 1.165) is 39.3 Å². The average Bonchev–Trinajstić information content (AvgIpc) is 3.42. The predicted molar refractivity (Wildman–Crippen MR) is 90.6 cm³/mol. The van der Waals surface area contributed by atoms with Crippen LogP contribution in [0.4, 0.5) is 0 Å². The van der Waals surface area contributed by atoms with E-state index in [2.05, 4.69) is 6.92 Å². The summed E-state index contributed by atoms with van der Waals surface area (Å²) in [5, 5.41) is 17.3. The first-order chi connectivity index (χ1) is 11.3. The Morgan fingerprint density at radius 2 is 1.35 bits per heavy atom. The smallest absolute Gasteiger partial charge is 0.104 e. The van der Waals surface area contributed by atoms with Crippen LogP contribution in [-0.4, -0.2) is 62.1 Å². The lowest BCUT2D eigenvalue weighted by Crippen LogP contribution is -2.06. The molecule has 138 valence electrons. The number of ether oxygens (including phenoxy) is 3. The highest BCUT2D eigenvalue weighted by atomic mass is 16.6. The van der Waals surface area contributed by atoms with Gasteiger partial charge in [-0.15, -0.1) is 0 Å². The van der Waals surface area contributed by atoms with Crippen LogP contribution in [0.2, 0.25) is 0 Å². The molecule has 0 aromatic carbocycles. The minimum atomic E-state index is 0.331. The molecule has 5 heteroatoms. The maximum atomic E-state index is 8.71. The molecule has 2 saturated heterocycles. The fourth-order valence-corrected chi connectivity index (χ4v) is 2.34. The van der Waals surface area contributed by atoms with Gasteiger partial charge in [-0.05, 0) is 18.8 Å². The summed E-state index contributed by atoms with van der Waals surface area (Å²) in [6.07, 6.45) is 10.3. The van der Waals surface area contributed by atoms with Crippen LogP contribution in [0.1, 0.15) is 58.3 Å². The van der Waals surface area contributed by atoms with Crippen LogP contribution in [-0.2, 0) is 14.2 Å². The maximum absolute atomic E-state index is 8.71. The molecule has 0 saturated carbocycles. The van der Waals surface area contributed by atoms with Crippen molar-refractivity contribution in [2.75, 3.05) is 39.6 Å². The summed E-state index contributed by atoms with van der Waals surface area (Å²) < 4.78 is 15.1. The van der Waals surface area contributed by atoms with Crippen molar-refractivity contribution in [1.82, 2.24) is 0 Å². The van der Waals surface area contributed by atoms with Crippen molar-refractivity contribution in [2.24, 2.45) is 5.92 Å². The molecule has 0 spiro atoms. The zero-order valence-electron chi connectivity index (χ0n) is 14.8. The third-order valence-corrected chi connectivity index (χ3v) is 4.14. The molecule has 2 aliphatic rings. The number of hydrogen-bond donors (Lipinski definition) is 2. The predicted octanol–water partition coefficient (Wildman–Crippen LogP) is 2.53. The molecule has 3 unspecified atom stereocenters. The van der Waals surface area contributed by atoms with Gasteiger partial charge in [0.15, 0.2) is 0 Å². The van der Waals surface area contributed by atoms with Crippen LogP contribution in [0.25, 0.3) is 0 Å². The molecule has 0 bridgehead atoms. The Bertz CT molecular complexity index is 242. The summed E-state index contributed by atoms with van der Waals surface area (Å²) in [6, 6.07) is 0. The SMILES string of the molecule is C(OCC1CO1)C1CO1.CC(CCO)CCCCCCCCO. The highest BCUT2D eigenvalue weighted by molar-refractivity contribution is 4.71. The molecule has 5 nitrogen and oxygen atoms in total. The molecule has 3 atom stereocenters. The number of aliphatic hydroxyl groups excluding tert-OH is 2. The van der Waals surface area contributed by atoms with Crippen molar-refractivity contribution in [3.8, 4) is 0 Å². The lowest BCUT2D eigenvalue weighted by molar-refractivity contribution is 0.102. The van der Waals surface area contributed by atoms with Crippen LogP contribution in [0.3, 0.4) is 0 Å². The molecule has 2 aliphatic heterocycles. The van der Waals surface area contributed by atoms with E-state index in [-0.39, 0.29) is 0 Å². The lowest BCUT2D eigenvalue weighted by Gasteiger charge is -2.08. The Morgan fingerprint density at radius 1 is 0.826 bits per heavy atom. The minimum Gasteiger partial charge on any atom is -0.396 e. The van der Waals surface area contributed by atoms with E-state index in [1.54, 1.807) is 0 Å². The van der Waals surface area contributed by atoms with Crippen molar-refractivity contribution in [3.05, 3.63) is 0 Å². The Kier molecular flexibility index (Phi) is 12.8. The Morgan fingerprint density at radius 3 is 1.83 bits per heavy atom. The fourth-order valence-electron chi connectivity index (χ4n) is 2.34. The molecule has 2 heterocycles. The topological polar surface area (TPSA) is 74.8 Å². The Labute approximate surface area is 141 Å². The van der Waals surface area contributed by atoms with Crippen LogP contribution in [0.5, 0.6) is 0 Å². The molecule has 0 aromatic heterocycles. The summed E-state index contributed by atoms with van der Waals surface area (Å²) in [4.78, 5) is 0. The Balaban J connectivity index is 0.000000248. The second-order valence-corrected chi connectivity index (χ2v) is 6.70. The third kappa shape index (κ3) is 15.1. The summed E-state index contributed by atoms with van der Waals surface area (Å²) in [5.74, 6) is 0.678. The minimum absolute atomic E-state index is 0.331. The normalized spacial score (nSPS) is 23.1. The molecule has 0 radical (unpaired) electrons. The van der Waals surface area contributed by atoms with Gasteiger partial charge in [0.25, 0.3) is 0 Å². The van der Waals surface area contributed by atoms with Gasteiger partial charge >= 0.3 is 0 Å². The van der Waals surface area contributed by atoms with Gasteiger partial charge in [-0.25, -0.2) is 0 Å². The molecule has 2 N–H and O–H groups in total. The molecular weight excluding hydrogens is 296 g/mol. The van der Waals surface area contributed by atoms with Gasteiger partial charge in [-0.1, -0.05) is 45.4 Å². The van der Waals surface area contributed by atoms with Gasteiger partial charge in [-0.3, -0.25) is 0 Å². The molecule has 0 aromatic rings. The molecule has 2 rings (SSSR count). The highest BCUT2D eigenvalue weighted by Crippen LogP contribution is 2.14. The number of epoxide rings is 2. The van der Waals surface area contributed by atoms with E-state index in [4.69, 9.17) is 24.4 Å². The quantitative estimate of drug-likeness (QED) is 0.378. The first kappa shape index (κ1) is 20.8. The average molecular weight is 332 g/mol. The van der Waals surface area contributed by atoms with Gasteiger partial charge in [0.2, 0.25) is 0 Å². The molecule has 23 heavy (non-hydrogen) atoms. The number of aliphatic hydroxyl groups is 2. The van der Waals surface area contributed by atoms with E-state index >= 15 is 0 Å². The van der Waals surface area contributed by atoms with Crippen molar-refractivity contribution in [2.45, 2.75) is 70.5 Å². The van der Waals surface area contributed by atoms with Crippen molar-refractivity contribution in [3.63, 3.8) is 0 Å². The van der Waals surface area contributed by atoms with Gasteiger partial charge in [0.1, 0.15) is 12.2 Å². The highest BCUT2D eigenvalue weighted by Gasteiger charge is 2.26. The van der Waals surface area contributed by atoms with Crippen molar-refractivity contribution < 1.29 is 24.4 Å². The van der Waals surface area contributed by atoms with Crippen molar-refractivity contribution in [1.29, 1.82) is 0 Å².